The molecule has 0 bridgehead atoms. The second kappa shape index (κ2) is 6.73. The molecule has 0 aromatic heterocycles. The summed E-state index contributed by atoms with van der Waals surface area (Å²) in [5, 5.41) is 2.65. The largest absolute Gasteiger partial charge is 0.375 e. The molecule has 4 nitrogen and oxygen atoms in total. The molecule has 13 heavy (non-hydrogen) atoms. The third-order valence-corrected chi connectivity index (χ3v) is 1.49. The zero-order chi connectivity index (χ0) is 10.3. The van der Waals surface area contributed by atoms with Crippen LogP contribution in [-0.2, 0) is 9.53 Å². The Kier molecular flexibility index (Phi) is 6.34. The zero-order valence-corrected chi connectivity index (χ0v) is 7.43. The molecule has 0 aromatic rings. The SMILES string of the molecule is CNC(CCOCC(F)F)C(N)=O. The summed E-state index contributed by atoms with van der Waals surface area (Å²) < 4.78 is 27.7. The molecule has 1 unspecified atom stereocenters. The lowest BCUT2D eigenvalue weighted by Gasteiger charge is -2.11. The van der Waals surface area contributed by atoms with Crippen LogP contribution in [-0.4, -0.2) is 38.6 Å². The van der Waals surface area contributed by atoms with Gasteiger partial charge in [0.15, 0.2) is 0 Å². The van der Waals surface area contributed by atoms with E-state index in [4.69, 9.17) is 5.73 Å². The predicted molar refractivity (Wildman–Crippen MR) is 43.5 cm³/mol. The lowest BCUT2D eigenvalue weighted by Crippen LogP contribution is -2.40. The number of alkyl halides is 2. The van der Waals surface area contributed by atoms with Crippen LogP contribution in [0, 0.1) is 0 Å². The quantitative estimate of drug-likeness (QED) is 0.551. The summed E-state index contributed by atoms with van der Waals surface area (Å²) in [7, 11) is 1.57. The second-order valence-electron chi connectivity index (χ2n) is 2.50. The maximum atomic E-state index is 11.6. The molecule has 0 heterocycles. The summed E-state index contributed by atoms with van der Waals surface area (Å²) in [5.74, 6) is -0.511. The van der Waals surface area contributed by atoms with Gasteiger partial charge in [-0.15, -0.1) is 0 Å². The van der Waals surface area contributed by atoms with E-state index in [-0.39, 0.29) is 6.61 Å². The maximum Gasteiger partial charge on any atom is 0.261 e. The molecule has 0 saturated heterocycles. The zero-order valence-electron chi connectivity index (χ0n) is 7.43. The molecular formula is C7H14F2N2O2. The Hall–Kier alpha value is -0.750. The summed E-state index contributed by atoms with van der Waals surface area (Å²) in [5.41, 5.74) is 4.98. The van der Waals surface area contributed by atoms with E-state index in [1.165, 1.54) is 0 Å². The van der Waals surface area contributed by atoms with Gasteiger partial charge in [0.2, 0.25) is 5.91 Å². The van der Waals surface area contributed by atoms with Crippen LogP contribution in [0.2, 0.25) is 0 Å². The number of carbonyl (C=O) groups excluding carboxylic acids is 1. The Bertz CT molecular complexity index is 155. The van der Waals surface area contributed by atoms with Gasteiger partial charge in [0, 0.05) is 6.61 Å². The molecule has 6 heteroatoms. The van der Waals surface area contributed by atoms with Crippen molar-refractivity contribution in [2.75, 3.05) is 20.3 Å². The number of amides is 1. The molecule has 0 aromatic carbocycles. The van der Waals surface area contributed by atoms with Gasteiger partial charge in [-0.3, -0.25) is 4.79 Å². The number of ether oxygens (including phenoxy) is 1. The molecule has 0 aliphatic carbocycles. The Labute approximate surface area is 75.4 Å². The van der Waals surface area contributed by atoms with Crippen molar-refractivity contribution in [3.05, 3.63) is 0 Å². The van der Waals surface area contributed by atoms with Crippen LogP contribution >= 0.6 is 0 Å². The molecule has 0 spiro atoms. The maximum absolute atomic E-state index is 11.6. The summed E-state index contributed by atoms with van der Waals surface area (Å²) >= 11 is 0. The van der Waals surface area contributed by atoms with E-state index < -0.39 is 25.0 Å². The molecule has 0 saturated carbocycles. The fourth-order valence-electron chi connectivity index (χ4n) is 0.802. The number of hydrogen-bond donors (Lipinski definition) is 2. The highest BCUT2D eigenvalue weighted by molar-refractivity contribution is 5.79. The first-order valence-electron chi connectivity index (χ1n) is 3.90. The molecule has 0 fully saturated rings. The van der Waals surface area contributed by atoms with Crippen molar-refractivity contribution in [2.45, 2.75) is 18.9 Å². The van der Waals surface area contributed by atoms with Crippen molar-refractivity contribution in [2.24, 2.45) is 5.73 Å². The standard InChI is InChI=1S/C7H14F2N2O2/c1-11-5(7(10)12)2-3-13-4-6(8)9/h5-6,11H,2-4H2,1H3,(H2,10,12). The summed E-state index contributed by atoms with van der Waals surface area (Å²) in [4.78, 5) is 10.6. The van der Waals surface area contributed by atoms with Crippen LogP contribution in [0.3, 0.4) is 0 Å². The molecule has 1 amide bonds. The van der Waals surface area contributed by atoms with Crippen LogP contribution in [0.25, 0.3) is 0 Å². The van der Waals surface area contributed by atoms with Gasteiger partial charge >= 0.3 is 0 Å². The number of halogens is 2. The Balaban J connectivity index is 3.44. The monoisotopic (exact) mass is 196 g/mol. The normalized spacial score (nSPS) is 13.2. The second-order valence-corrected chi connectivity index (χ2v) is 2.50. The van der Waals surface area contributed by atoms with Crippen molar-refractivity contribution < 1.29 is 18.3 Å². The van der Waals surface area contributed by atoms with Crippen molar-refractivity contribution in [1.29, 1.82) is 0 Å². The summed E-state index contributed by atoms with van der Waals surface area (Å²) in [6, 6.07) is -0.516. The topological polar surface area (TPSA) is 64.3 Å². The van der Waals surface area contributed by atoms with E-state index >= 15 is 0 Å². The average Bonchev–Trinajstić information content (AvgIpc) is 2.03. The van der Waals surface area contributed by atoms with Crippen LogP contribution < -0.4 is 11.1 Å². The first kappa shape index (κ1) is 12.2. The fourth-order valence-corrected chi connectivity index (χ4v) is 0.802. The lowest BCUT2D eigenvalue weighted by atomic mass is 10.2. The highest BCUT2D eigenvalue weighted by Gasteiger charge is 2.12. The predicted octanol–water partition coefficient (Wildman–Crippen LogP) is -0.268. The minimum Gasteiger partial charge on any atom is -0.375 e. The smallest absolute Gasteiger partial charge is 0.261 e. The molecule has 0 rings (SSSR count). The summed E-state index contributed by atoms with van der Waals surface area (Å²) in [6.45, 7) is -0.506. The molecule has 1 atom stereocenters. The highest BCUT2D eigenvalue weighted by atomic mass is 19.3. The van der Waals surface area contributed by atoms with Crippen LogP contribution in [0.15, 0.2) is 0 Å². The Morgan fingerprint density at radius 1 is 1.62 bits per heavy atom. The number of carbonyl (C=O) groups is 1. The van der Waals surface area contributed by atoms with Crippen molar-refractivity contribution in [3.63, 3.8) is 0 Å². The van der Waals surface area contributed by atoms with Gasteiger partial charge in [0.05, 0.1) is 6.04 Å². The van der Waals surface area contributed by atoms with Gasteiger partial charge in [0.1, 0.15) is 6.61 Å². The number of nitrogens with two attached hydrogens (primary N) is 1. The Morgan fingerprint density at radius 2 is 2.23 bits per heavy atom. The van der Waals surface area contributed by atoms with Crippen LogP contribution in [0.5, 0.6) is 0 Å². The van der Waals surface area contributed by atoms with Crippen LogP contribution in [0.1, 0.15) is 6.42 Å². The van der Waals surface area contributed by atoms with E-state index in [0.717, 1.165) is 0 Å². The first-order chi connectivity index (χ1) is 6.07. The van der Waals surface area contributed by atoms with E-state index in [0.29, 0.717) is 6.42 Å². The van der Waals surface area contributed by atoms with E-state index in [1.54, 1.807) is 7.05 Å². The van der Waals surface area contributed by atoms with Crippen molar-refractivity contribution in [3.8, 4) is 0 Å². The highest BCUT2D eigenvalue weighted by Crippen LogP contribution is 1.95. The van der Waals surface area contributed by atoms with Gasteiger partial charge in [-0.1, -0.05) is 0 Å². The number of nitrogens with one attached hydrogen (secondary N) is 1. The van der Waals surface area contributed by atoms with E-state index in [2.05, 4.69) is 10.1 Å². The third kappa shape index (κ3) is 6.41. The van der Waals surface area contributed by atoms with Crippen LogP contribution in [0.4, 0.5) is 8.78 Å². The first-order valence-corrected chi connectivity index (χ1v) is 3.90. The molecule has 3 N–H and O–H groups in total. The van der Waals surface area contributed by atoms with Crippen molar-refractivity contribution >= 4 is 5.91 Å². The van der Waals surface area contributed by atoms with Gasteiger partial charge in [-0.25, -0.2) is 8.78 Å². The fraction of sp³-hybridized carbons (Fsp3) is 0.857. The number of rotatable bonds is 7. The lowest BCUT2D eigenvalue weighted by molar-refractivity contribution is -0.120. The minimum atomic E-state index is -2.47. The third-order valence-electron chi connectivity index (χ3n) is 1.49. The molecular weight excluding hydrogens is 182 g/mol. The number of primary amides is 1. The number of likely N-dealkylation sites (N-methyl/N-ethyl adjacent to an activating group) is 1. The average molecular weight is 196 g/mol. The van der Waals surface area contributed by atoms with E-state index in [9.17, 15) is 13.6 Å². The molecule has 0 aliphatic rings. The molecule has 0 aliphatic heterocycles. The van der Waals surface area contributed by atoms with Gasteiger partial charge < -0.3 is 15.8 Å². The van der Waals surface area contributed by atoms with Gasteiger partial charge in [0.25, 0.3) is 6.43 Å². The molecule has 78 valence electrons. The van der Waals surface area contributed by atoms with Gasteiger partial charge in [-0.05, 0) is 13.5 Å². The van der Waals surface area contributed by atoms with Gasteiger partial charge in [-0.2, -0.15) is 0 Å². The van der Waals surface area contributed by atoms with E-state index in [1.807, 2.05) is 0 Å². The number of hydrogen-bond acceptors (Lipinski definition) is 3. The Morgan fingerprint density at radius 3 is 2.62 bits per heavy atom. The molecule has 0 radical (unpaired) electrons. The summed E-state index contributed by atoms with van der Waals surface area (Å²) in [6.07, 6.45) is -2.17. The van der Waals surface area contributed by atoms with Crippen molar-refractivity contribution in [1.82, 2.24) is 5.32 Å². The minimum absolute atomic E-state index is 0.0960.